The third kappa shape index (κ3) is 4.54. The predicted octanol–water partition coefficient (Wildman–Crippen LogP) is 3.62. The van der Waals surface area contributed by atoms with E-state index in [1.165, 1.54) is 5.56 Å². The number of urea groups is 1. The monoisotopic (exact) mass is 366 g/mol. The molecule has 0 radical (unpaired) electrons. The highest BCUT2D eigenvalue weighted by Crippen LogP contribution is 2.32. The highest BCUT2D eigenvalue weighted by molar-refractivity contribution is 5.74. The molecule has 0 unspecified atom stereocenters. The van der Waals surface area contributed by atoms with Crippen LogP contribution in [0.1, 0.15) is 24.0 Å². The first-order chi connectivity index (χ1) is 13.3. The molecule has 0 aliphatic carbocycles. The molecule has 5 nitrogen and oxygen atoms in total. The molecule has 0 bridgehead atoms. The fourth-order valence-electron chi connectivity index (χ4n) is 3.81. The van der Waals surface area contributed by atoms with Crippen molar-refractivity contribution in [2.75, 3.05) is 26.4 Å². The normalized spacial score (nSPS) is 16.4. The van der Waals surface area contributed by atoms with Crippen molar-refractivity contribution in [2.24, 2.45) is 5.92 Å². The van der Waals surface area contributed by atoms with Gasteiger partial charge in [-0.3, -0.25) is 0 Å². The summed E-state index contributed by atoms with van der Waals surface area (Å²) in [5.74, 6) is 2.26. The number of carbonyl (C=O) groups is 1. The smallest absolute Gasteiger partial charge is 0.317 e. The number of rotatable bonds is 5. The lowest BCUT2D eigenvalue weighted by molar-refractivity contribution is 0.170. The second kappa shape index (κ2) is 8.33. The quantitative estimate of drug-likeness (QED) is 0.879. The second-order valence-electron chi connectivity index (χ2n) is 7.29. The van der Waals surface area contributed by atoms with Crippen LogP contribution in [0.2, 0.25) is 0 Å². The molecule has 2 aliphatic heterocycles. The molecule has 0 atom stereocenters. The zero-order chi connectivity index (χ0) is 18.5. The number of likely N-dealkylation sites (tertiary alicyclic amines) is 1. The maximum Gasteiger partial charge on any atom is 0.317 e. The zero-order valence-electron chi connectivity index (χ0n) is 15.5. The number of hydrogen-bond acceptors (Lipinski definition) is 3. The Balaban J connectivity index is 1.18. The largest absolute Gasteiger partial charge is 0.454 e. The first-order valence-electron chi connectivity index (χ1n) is 9.73. The summed E-state index contributed by atoms with van der Waals surface area (Å²) in [5, 5.41) is 3.05. The average Bonchev–Trinajstić information content (AvgIpc) is 3.17. The Labute approximate surface area is 160 Å². The molecular weight excluding hydrogens is 340 g/mol. The van der Waals surface area contributed by atoms with Gasteiger partial charge in [-0.25, -0.2) is 4.79 Å². The van der Waals surface area contributed by atoms with Crippen LogP contribution in [-0.2, 0) is 12.8 Å². The van der Waals surface area contributed by atoms with Crippen LogP contribution in [0.25, 0.3) is 0 Å². The van der Waals surface area contributed by atoms with Gasteiger partial charge in [0.15, 0.2) is 11.5 Å². The van der Waals surface area contributed by atoms with Crippen molar-refractivity contribution in [1.82, 2.24) is 10.2 Å². The molecule has 27 heavy (non-hydrogen) atoms. The molecule has 0 spiro atoms. The van der Waals surface area contributed by atoms with Gasteiger partial charge < -0.3 is 19.7 Å². The van der Waals surface area contributed by atoms with E-state index in [-0.39, 0.29) is 12.8 Å². The number of benzene rings is 2. The lowest BCUT2D eigenvalue weighted by Crippen LogP contribution is -2.45. The number of nitrogens with one attached hydrogen (secondary N) is 1. The summed E-state index contributed by atoms with van der Waals surface area (Å²) in [4.78, 5) is 14.4. The van der Waals surface area contributed by atoms with Crippen molar-refractivity contribution < 1.29 is 14.3 Å². The van der Waals surface area contributed by atoms with Crippen LogP contribution in [0.5, 0.6) is 11.5 Å². The van der Waals surface area contributed by atoms with Gasteiger partial charge in [-0.05, 0) is 54.9 Å². The molecule has 0 saturated carbocycles. The molecule has 1 fully saturated rings. The average molecular weight is 366 g/mol. The fourth-order valence-corrected chi connectivity index (χ4v) is 3.81. The summed E-state index contributed by atoms with van der Waals surface area (Å²) in [6, 6.07) is 16.6. The minimum Gasteiger partial charge on any atom is -0.454 e. The molecule has 5 heteroatoms. The molecule has 1 saturated heterocycles. The minimum atomic E-state index is 0.0499. The summed E-state index contributed by atoms with van der Waals surface area (Å²) < 4.78 is 10.7. The van der Waals surface area contributed by atoms with Gasteiger partial charge in [-0.2, -0.15) is 0 Å². The maximum atomic E-state index is 12.4. The number of hydrogen-bond donors (Lipinski definition) is 1. The number of nitrogens with zero attached hydrogens (tertiary/aromatic N) is 1. The van der Waals surface area contributed by atoms with Gasteiger partial charge >= 0.3 is 6.03 Å². The molecule has 2 aromatic rings. The SMILES string of the molecule is O=C(NCCc1ccc2c(c1)OCO2)N1CCC(Cc2ccccc2)CC1. The molecule has 0 aromatic heterocycles. The van der Waals surface area contributed by atoms with E-state index in [0.29, 0.717) is 12.5 Å². The number of piperidine rings is 1. The fraction of sp³-hybridized carbons (Fsp3) is 0.409. The summed E-state index contributed by atoms with van der Waals surface area (Å²) in [5.41, 5.74) is 2.53. The molecule has 2 heterocycles. The third-order valence-corrected chi connectivity index (χ3v) is 5.40. The number of amides is 2. The Morgan fingerprint density at radius 1 is 1.00 bits per heavy atom. The first-order valence-corrected chi connectivity index (χ1v) is 9.73. The Hall–Kier alpha value is -2.69. The summed E-state index contributed by atoms with van der Waals surface area (Å²) in [6.45, 7) is 2.60. The van der Waals surface area contributed by atoms with E-state index in [2.05, 4.69) is 35.6 Å². The van der Waals surface area contributed by atoms with Crippen LogP contribution >= 0.6 is 0 Å². The van der Waals surface area contributed by atoms with Crippen LogP contribution in [-0.4, -0.2) is 37.4 Å². The molecule has 2 amide bonds. The van der Waals surface area contributed by atoms with E-state index >= 15 is 0 Å². The predicted molar refractivity (Wildman–Crippen MR) is 104 cm³/mol. The second-order valence-corrected chi connectivity index (χ2v) is 7.29. The molecule has 142 valence electrons. The topological polar surface area (TPSA) is 50.8 Å². The van der Waals surface area contributed by atoms with Gasteiger partial charge in [0.25, 0.3) is 0 Å². The number of fused-ring (bicyclic) bond motifs is 1. The van der Waals surface area contributed by atoms with Crippen molar-refractivity contribution in [3.05, 3.63) is 59.7 Å². The Morgan fingerprint density at radius 2 is 1.78 bits per heavy atom. The number of carbonyl (C=O) groups excluding carboxylic acids is 1. The van der Waals surface area contributed by atoms with Crippen molar-refractivity contribution >= 4 is 6.03 Å². The molecule has 1 N–H and O–H groups in total. The Bertz CT molecular complexity index is 770. The van der Waals surface area contributed by atoms with Crippen molar-refractivity contribution in [1.29, 1.82) is 0 Å². The summed E-state index contributed by atoms with van der Waals surface area (Å²) in [6.07, 6.45) is 4.04. The van der Waals surface area contributed by atoms with Crippen molar-refractivity contribution in [3.8, 4) is 11.5 Å². The molecule has 4 rings (SSSR count). The van der Waals surface area contributed by atoms with Crippen molar-refractivity contribution in [3.63, 3.8) is 0 Å². The lowest BCUT2D eigenvalue weighted by Gasteiger charge is -2.32. The molecule has 2 aromatic carbocycles. The highest BCUT2D eigenvalue weighted by Gasteiger charge is 2.22. The molecule has 2 aliphatic rings. The van der Waals surface area contributed by atoms with Gasteiger partial charge in [0.05, 0.1) is 0 Å². The van der Waals surface area contributed by atoms with Crippen LogP contribution in [0.4, 0.5) is 4.79 Å². The van der Waals surface area contributed by atoms with Crippen LogP contribution < -0.4 is 14.8 Å². The third-order valence-electron chi connectivity index (χ3n) is 5.40. The van der Waals surface area contributed by atoms with Gasteiger partial charge in [-0.15, -0.1) is 0 Å². The van der Waals surface area contributed by atoms with Gasteiger partial charge in [0.1, 0.15) is 0 Å². The van der Waals surface area contributed by atoms with E-state index in [9.17, 15) is 4.79 Å². The van der Waals surface area contributed by atoms with E-state index < -0.39 is 0 Å². The Morgan fingerprint density at radius 3 is 2.59 bits per heavy atom. The Kier molecular flexibility index (Phi) is 5.47. The van der Waals surface area contributed by atoms with Crippen LogP contribution in [0.15, 0.2) is 48.5 Å². The van der Waals surface area contributed by atoms with Crippen LogP contribution in [0.3, 0.4) is 0 Å². The maximum absolute atomic E-state index is 12.4. The first kappa shape index (κ1) is 17.7. The van der Waals surface area contributed by atoms with Gasteiger partial charge in [0, 0.05) is 19.6 Å². The van der Waals surface area contributed by atoms with Gasteiger partial charge in [-0.1, -0.05) is 36.4 Å². The van der Waals surface area contributed by atoms with Gasteiger partial charge in [0.2, 0.25) is 6.79 Å². The van der Waals surface area contributed by atoms with Crippen molar-refractivity contribution in [2.45, 2.75) is 25.7 Å². The summed E-state index contributed by atoms with van der Waals surface area (Å²) >= 11 is 0. The summed E-state index contributed by atoms with van der Waals surface area (Å²) in [7, 11) is 0. The minimum absolute atomic E-state index is 0.0499. The van der Waals surface area contributed by atoms with E-state index in [4.69, 9.17) is 9.47 Å². The standard InChI is InChI=1S/C22H26N2O3/c25-22(23-11-8-18-6-7-20-21(15-18)27-16-26-20)24-12-9-19(10-13-24)14-17-4-2-1-3-5-17/h1-7,15,19H,8-14,16H2,(H,23,25). The zero-order valence-corrected chi connectivity index (χ0v) is 15.5. The van der Waals surface area contributed by atoms with E-state index in [1.807, 2.05) is 23.1 Å². The number of ether oxygens (including phenoxy) is 2. The highest BCUT2D eigenvalue weighted by atomic mass is 16.7. The lowest BCUT2D eigenvalue weighted by atomic mass is 9.90. The van der Waals surface area contributed by atoms with E-state index in [0.717, 1.165) is 55.8 Å². The molecular formula is C22H26N2O3. The van der Waals surface area contributed by atoms with Crippen LogP contribution in [0, 0.1) is 5.92 Å². The van der Waals surface area contributed by atoms with E-state index in [1.54, 1.807) is 0 Å².